The number of hydrogen-bond donors (Lipinski definition) is 1. The summed E-state index contributed by atoms with van der Waals surface area (Å²) in [5, 5.41) is 3.90. The predicted octanol–water partition coefficient (Wildman–Crippen LogP) is 6.23. The Bertz CT molecular complexity index is 1330. The van der Waals surface area contributed by atoms with Crippen molar-refractivity contribution < 1.29 is 13.9 Å². The zero-order valence-electron chi connectivity index (χ0n) is 20.5. The summed E-state index contributed by atoms with van der Waals surface area (Å²) in [4.78, 5) is 19.9. The van der Waals surface area contributed by atoms with Crippen LogP contribution in [-0.2, 0) is 11.3 Å². The Hall–Kier alpha value is -3.42. The van der Waals surface area contributed by atoms with Crippen molar-refractivity contribution in [1.29, 1.82) is 0 Å². The van der Waals surface area contributed by atoms with Gasteiger partial charge in [-0.15, -0.1) is 0 Å². The maximum atomic E-state index is 13.4. The van der Waals surface area contributed by atoms with E-state index < -0.39 is 0 Å². The van der Waals surface area contributed by atoms with E-state index in [1.807, 2.05) is 12.3 Å². The number of amides is 1. The molecule has 2 fully saturated rings. The van der Waals surface area contributed by atoms with Gasteiger partial charge in [-0.1, -0.05) is 6.42 Å². The van der Waals surface area contributed by atoms with E-state index in [1.54, 1.807) is 24.5 Å². The quantitative estimate of drug-likeness (QED) is 0.351. The van der Waals surface area contributed by atoms with Crippen LogP contribution < -0.4 is 5.32 Å². The predicted molar refractivity (Wildman–Crippen MR) is 140 cm³/mol. The minimum absolute atomic E-state index is 0.0608. The van der Waals surface area contributed by atoms with Gasteiger partial charge in [-0.2, -0.15) is 0 Å². The van der Waals surface area contributed by atoms with E-state index in [1.165, 1.54) is 19.3 Å². The summed E-state index contributed by atoms with van der Waals surface area (Å²) in [6.45, 7) is 3.85. The molecule has 186 valence electrons. The number of ether oxygens (including phenoxy) is 1. The molecule has 36 heavy (non-hydrogen) atoms. The van der Waals surface area contributed by atoms with Gasteiger partial charge in [0.1, 0.15) is 17.7 Å². The zero-order chi connectivity index (χ0) is 24.3. The monoisotopic (exact) mass is 484 g/mol. The molecule has 6 rings (SSSR count). The molecule has 1 unspecified atom stereocenters. The van der Waals surface area contributed by atoms with E-state index in [9.17, 15) is 4.79 Å². The van der Waals surface area contributed by atoms with E-state index >= 15 is 0 Å². The molecule has 2 saturated heterocycles. The molecule has 4 aromatic rings. The van der Waals surface area contributed by atoms with Gasteiger partial charge in [0.05, 0.1) is 17.6 Å². The van der Waals surface area contributed by atoms with E-state index in [-0.39, 0.29) is 12.1 Å². The average Bonchev–Trinajstić information content (AvgIpc) is 3.55. The molecule has 1 aromatic carbocycles. The highest BCUT2D eigenvalue weighted by molar-refractivity contribution is 6.13. The first-order valence-corrected chi connectivity index (χ1v) is 13.0. The number of hydrogen-bond acceptors (Lipinski definition) is 5. The Morgan fingerprint density at radius 3 is 2.67 bits per heavy atom. The van der Waals surface area contributed by atoms with Crippen LogP contribution in [-0.4, -0.2) is 40.1 Å². The van der Waals surface area contributed by atoms with Crippen LogP contribution in [0.3, 0.4) is 0 Å². The standard InChI is InChI=1S/C29H32N4O3/c34-29(31-22-11-13-30-14-12-22)25-20-33(28-6-2-5-17-35-28)26-9-7-21(18-24(25)26)27-10-8-23(36-27)19-32-15-3-1-4-16-32/h7-14,18,20,28H,1-6,15-17,19H2,(H,30,31,34). The number of carbonyl (C=O) groups is 1. The van der Waals surface area contributed by atoms with Crippen molar-refractivity contribution >= 4 is 22.5 Å². The Balaban J connectivity index is 1.33. The van der Waals surface area contributed by atoms with E-state index in [2.05, 4.69) is 44.0 Å². The molecule has 1 N–H and O–H groups in total. The van der Waals surface area contributed by atoms with Crippen LogP contribution >= 0.6 is 0 Å². The summed E-state index contributed by atoms with van der Waals surface area (Å²) >= 11 is 0. The molecule has 2 aliphatic heterocycles. The lowest BCUT2D eigenvalue weighted by Gasteiger charge is -2.25. The summed E-state index contributed by atoms with van der Waals surface area (Å²) in [6.07, 6.45) is 12.2. The van der Waals surface area contributed by atoms with Crippen molar-refractivity contribution in [2.75, 3.05) is 25.0 Å². The summed E-state index contributed by atoms with van der Waals surface area (Å²) in [5.41, 5.74) is 3.30. The fourth-order valence-electron chi connectivity index (χ4n) is 5.36. The lowest BCUT2D eigenvalue weighted by molar-refractivity contribution is -0.0292. The number of nitrogens with one attached hydrogen (secondary N) is 1. The number of likely N-dealkylation sites (tertiary alicyclic amines) is 1. The molecule has 0 saturated carbocycles. The van der Waals surface area contributed by atoms with Gasteiger partial charge in [0.25, 0.3) is 5.91 Å². The number of anilines is 1. The van der Waals surface area contributed by atoms with Crippen LogP contribution in [0, 0.1) is 0 Å². The van der Waals surface area contributed by atoms with Gasteiger partial charge in [0.2, 0.25) is 0 Å². The van der Waals surface area contributed by atoms with Gasteiger partial charge >= 0.3 is 0 Å². The largest absolute Gasteiger partial charge is 0.460 e. The molecule has 2 aliphatic rings. The van der Waals surface area contributed by atoms with Crippen LogP contribution in [0.5, 0.6) is 0 Å². The number of fused-ring (bicyclic) bond motifs is 1. The topological polar surface area (TPSA) is 72.5 Å². The van der Waals surface area contributed by atoms with Crippen molar-refractivity contribution in [3.8, 4) is 11.3 Å². The Kier molecular flexibility index (Phi) is 6.57. The summed E-state index contributed by atoms with van der Waals surface area (Å²) < 4.78 is 14.4. The van der Waals surface area contributed by atoms with Gasteiger partial charge in [-0.05, 0) is 87.7 Å². The highest BCUT2D eigenvalue weighted by atomic mass is 16.5. The van der Waals surface area contributed by atoms with Gasteiger partial charge in [0.15, 0.2) is 0 Å². The highest BCUT2D eigenvalue weighted by Gasteiger charge is 2.23. The molecule has 1 atom stereocenters. The summed E-state index contributed by atoms with van der Waals surface area (Å²) in [6, 6.07) is 13.9. The molecular weight excluding hydrogens is 452 g/mol. The van der Waals surface area contributed by atoms with Crippen LogP contribution in [0.2, 0.25) is 0 Å². The minimum Gasteiger partial charge on any atom is -0.460 e. The molecule has 1 amide bonds. The fourth-order valence-corrected chi connectivity index (χ4v) is 5.36. The first kappa shape index (κ1) is 23.0. The molecule has 0 aliphatic carbocycles. The molecular formula is C29H32N4O3. The van der Waals surface area contributed by atoms with Crippen LogP contribution in [0.1, 0.15) is 60.9 Å². The molecule has 0 spiro atoms. The molecule has 0 bridgehead atoms. The summed E-state index contributed by atoms with van der Waals surface area (Å²) in [7, 11) is 0. The van der Waals surface area contributed by atoms with Gasteiger partial charge < -0.3 is 19.0 Å². The number of benzene rings is 1. The van der Waals surface area contributed by atoms with Gasteiger partial charge in [-0.25, -0.2) is 0 Å². The lowest BCUT2D eigenvalue weighted by atomic mass is 10.1. The second-order valence-electron chi connectivity index (χ2n) is 9.80. The average molecular weight is 485 g/mol. The van der Waals surface area contributed by atoms with E-state index in [0.29, 0.717) is 5.56 Å². The number of carbonyl (C=O) groups excluding carboxylic acids is 1. The maximum absolute atomic E-state index is 13.4. The number of pyridine rings is 1. The van der Waals surface area contributed by atoms with Gasteiger partial charge in [-0.3, -0.25) is 14.7 Å². The molecule has 0 radical (unpaired) electrons. The van der Waals surface area contributed by atoms with Crippen molar-refractivity contribution in [2.45, 2.75) is 51.3 Å². The Labute approximate surface area is 211 Å². The molecule has 3 aromatic heterocycles. The third kappa shape index (κ3) is 4.81. The molecule has 7 nitrogen and oxygen atoms in total. The lowest BCUT2D eigenvalue weighted by Crippen LogP contribution is -2.28. The zero-order valence-corrected chi connectivity index (χ0v) is 20.5. The van der Waals surface area contributed by atoms with Crippen LogP contribution in [0.15, 0.2) is 65.5 Å². The SMILES string of the molecule is O=C(Nc1ccncc1)c1cn(C2CCCCO2)c2ccc(-c3ccc(CN4CCCCC4)o3)cc12. The number of nitrogens with zero attached hydrogens (tertiary/aromatic N) is 3. The number of aromatic nitrogens is 2. The minimum atomic E-state index is -0.150. The third-order valence-electron chi connectivity index (χ3n) is 7.26. The van der Waals surface area contributed by atoms with E-state index in [4.69, 9.17) is 9.15 Å². The number of rotatable bonds is 6. The van der Waals surface area contributed by atoms with E-state index in [0.717, 1.165) is 79.2 Å². The second kappa shape index (κ2) is 10.3. The summed E-state index contributed by atoms with van der Waals surface area (Å²) in [5.74, 6) is 1.66. The molecule has 7 heteroatoms. The smallest absolute Gasteiger partial charge is 0.257 e. The Morgan fingerprint density at radius 2 is 1.86 bits per heavy atom. The van der Waals surface area contributed by atoms with Crippen LogP contribution in [0.25, 0.3) is 22.2 Å². The fraction of sp³-hybridized carbons (Fsp3) is 0.379. The first-order valence-electron chi connectivity index (χ1n) is 13.0. The highest BCUT2D eigenvalue weighted by Crippen LogP contribution is 2.34. The van der Waals surface area contributed by atoms with Crippen molar-refractivity contribution in [1.82, 2.24) is 14.5 Å². The first-order chi connectivity index (χ1) is 17.7. The number of piperidine rings is 1. The molecule has 5 heterocycles. The van der Waals surface area contributed by atoms with Crippen molar-refractivity contribution in [3.63, 3.8) is 0 Å². The normalized spacial score (nSPS) is 18.9. The van der Waals surface area contributed by atoms with Crippen molar-refractivity contribution in [3.05, 3.63) is 72.4 Å². The maximum Gasteiger partial charge on any atom is 0.257 e. The third-order valence-corrected chi connectivity index (χ3v) is 7.26. The van der Waals surface area contributed by atoms with Crippen molar-refractivity contribution in [2.24, 2.45) is 0 Å². The Morgan fingerprint density at radius 1 is 1.00 bits per heavy atom. The number of furan rings is 1. The second-order valence-corrected chi connectivity index (χ2v) is 9.80. The van der Waals surface area contributed by atoms with Crippen LogP contribution in [0.4, 0.5) is 5.69 Å². The van der Waals surface area contributed by atoms with Gasteiger partial charge in [0, 0.05) is 41.8 Å².